The molecular formula is C55H63N10O11PS. The summed E-state index contributed by atoms with van der Waals surface area (Å²) in [7, 11) is -3.51. The van der Waals surface area contributed by atoms with Gasteiger partial charge in [0, 0.05) is 91.4 Å². The fourth-order valence-electron chi connectivity index (χ4n) is 12.6. The first-order valence-corrected chi connectivity index (χ1v) is 29.0. The predicted molar refractivity (Wildman–Crippen MR) is 291 cm³/mol. The standard InChI is InChI=1S/C55H63N10O11PS/c1-30-24-35(17-20-61(30)36-10-12-41-42(26-36)53(69)65(52(41)68)44-13-15-47(67)64(54(44)70)33(4)76-77(72,73)74)60-22-23-62(31(2)29-60)37-11-14-46(57-28-37)59-43-25-34(27-58-51(43)75-5)38-16-19-56-50(48(38)32(3)66)63-21-18-40-39-8-6-7-9-45(39)78-49(40)55(63)71/h10-12,14,16,19,25-28,30-33,35,44,66H,6-9,13,15,17-18,20-24,29H2,1-5H3,(H,57,59)(H2,72,73,74)/t30-,31+,32-,33?,35?,44+/m1/s1. The second kappa shape index (κ2) is 21.2. The number of ether oxygens (including phenoxy) is 1. The monoisotopic (exact) mass is 1100 g/mol. The minimum Gasteiger partial charge on any atom is -0.480 e. The van der Waals surface area contributed by atoms with Crippen molar-refractivity contribution in [3.8, 4) is 17.0 Å². The van der Waals surface area contributed by atoms with Gasteiger partial charge in [0.15, 0.2) is 0 Å². The Bertz CT molecular complexity index is 3280. The molecule has 3 saturated heterocycles. The summed E-state index contributed by atoms with van der Waals surface area (Å²) in [6.07, 6.45) is 9.20. The van der Waals surface area contributed by atoms with Crippen LogP contribution in [-0.4, -0.2) is 144 Å². The molecule has 5 aromatic rings. The van der Waals surface area contributed by atoms with Gasteiger partial charge in [-0.25, -0.2) is 19.5 Å². The Kier molecular flexibility index (Phi) is 14.5. The van der Waals surface area contributed by atoms with Crippen molar-refractivity contribution in [2.45, 2.75) is 122 Å². The van der Waals surface area contributed by atoms with Gasteiger partial charge in [0.25, 0.3) is 23.6 Å². The van der Waals surface area contributed by atoms with Gasteiger partial charge in [0.2, 0.25) is 11.8 Å². The maximum Gasteiger partial charge on any atom is 0.471 e. The van der Waals surface area contributed by atoms with E-state index in [1.807, 2.05) is 30.5 Å². The fourth-order valence-corrected chi connectivity index (χ4v) is 14.5. The van der Waals surface area contributed by atoms with Crippen molar-refractivity contribution in [1.29, 1.82) is 0 Å². The van der Waals surface area contributed by atoms with Crippen molar-refractivity contribution < 1.29 is 52.7 Å². The first-order chi connectivity index (χ1) is 37.4. The third kappa shape index (κ3) is 9.85. The molecule has 78 heavy (non-hydrogen) atoms. The number of likely N-dealkylation sites (tertiary alicyclic amines) is 1. The van der Waals surface area contributed by atoms with Crippen LogP contribution in [0.5, 0.6) is 5.88 Å². The minimum atomic E-state index is -5.07. The molecule has 2 unspecified atom stereocenters. The van der Waals surface area contributed by atoms with Gasteiger partial charge in [0.1, 0.15) is 29.6 Å². The average molecular weight is 1100 g/mol. The lowest BCUT2D eigenvalue weighted by Crippen LogP contribution is -2.58. The number of anilines is 5. The second-order valence-electron chi connectivity index (χ2n) is 21.1. The summed E-state index contributed by atoms with van der Waals surface area (Å²) in [4.78, 5) is 113. The molecule has 23 heteroatoms. The molecule has 410 valence electrons. The zero-order valence-corrected chi connectivity index (χ0v) is 45.8. The Morgan fingerprint density at radius 3 is 2.28 bits per heavy atom. The Balaban J connectivity index is 0.718. The van der Waals surface area contributed by atoms with Crippen molar-refractivity contribution in [1.82, 2.24) is 29.7 Å². The summed E-state index contributed by atoms with van der Waals surface area (Å²) in [5.41, 5.74) is 7.17. The molecule has 5 aliphatic heterocycles. The maximum atomic E-state index is 14.1. The van der Waals surface area contributed by atoms with E-state index in [9.17, 15) is 43.4 Å². The van der Waals surface area contributed by atoms with Crippen LogP contribution in [0.1, 0.15) is 124 Å². The van der Waals surface area contributed by atoms with E-state index in [-0.39, 0.29) is 42.0 Å². The number of carbonyl (C=O) groups is 5. The summed E-state index contributed by atoms with van der Waals surface area (Å²) >= 11 is 1.62. The molecule has 0 saturated carbocycles. The molecule has 11 rings (SSSR count). The van der Waals surface area contributed by atoms with E-state index in [0.29, 0.717) is 63.9 Å². The van der Waals surface area contributed by atoms with Crippen LogP contribution in [0, 0.1) is 0 Å². The van der Waals surface area contributed by atoms with Gasteiger partial charge in [-0.3, -0.25) is 48.1 Å². The van der Waals surface area contributed by atoms with E-state index < -0.39 is 49.8 Å². The first kappa shape index (κ1) is 53.4. The number of piperidine rings is 2. The second-order valence-corrected chi connectivity index (χ2v) is 23.4. The molecule has 1 aliphatic carbocycles. The Morgan fingerprint density at radius 1 is 0.782 bits per heavy atom. The molecule has 6 aliphatic rings. The van der Waals surface area contributed by atoms with E-state index in [2.05, 4.69) is 49.4 Å². The van der Waals surface area contributed by atoms with Gasteiger partial charge in [-0.1, -0.05) is 0 Å². The zero-order valence-electron chi connectivity index (χ0n) is 44.1. The highest BCUT2D eigenvalue weighted by Crippen LogP contribution is 2.44. The molecule has 0 spiro atoms. The number of methoxy groups -OCH3 is 1. The number of amides is 5. The molecule has 4 aromatic heterocycles. The molecule has 5 amide bonds. The number of hydrogen-bond acceptors (Lipinski definition) is 17. The smallest absolute Gasteiger partial charge is 0.471 e. The van der Waals surface area contributed by atoms with E-state index in [1.54, 1.807) is 54.8 Å². The van der Waals surface area contributed by atoms with Crippen molar-refractivity contribution in [3.63, 3.8) is 0 Å². The zero-order chi connectivity index (χ0) is 54.9. The SMILES string of the molecule is COc1ncc(-c2ccnc(N3CCc4c(sc5c4CCCC5)C3=O)c2[C@@H](C)O)cc1Nc1ccc(N2CCN(C3CCN(c4ccc5c(c4)C(=O)N([C@H]4CCC(=O)N(C(C)OP(=O)(O)O)C4=O)C5=O)[C@H](C)C3)C[C@@H]2C)cn1. The first-order valence-electron chi connectivity index (χ1n) is 26.7. The van der Waals surface area contributed by atoms with Gasteiger partial charge < -0.3 is 34.7 Å². The number of thiophene rings is 1. The highest BCUT2D eigenvalue weighted by molar-refractivity contribution is 7.46. The highest BCUT2D eigenvalue weighted by Gasteiger charge is 2.49. The van der Waals surface area contributed by atoms with Gasteiger partial charge in [-0.2, -0.15) is 0 Å². The van der Waals surface area contributed by atoms with Crippen LogP contribution >= 0.6 is 19.2 Å². The molecule has 6 atom stereocenters. The number of phosphoric ester groups is 1. The number of phosphoric acid groups is 1. The minimum absolute atomic E-state index is 0.0652. The van der Waals surface area contributed by atoms with Gasteiger partial charge >= 0.3 is 7.82 Å². The summed E-state index contributed by atoms with van der Waals surface area (Å²) in [6.45, 7) is 10.9. The third-order valence-corrected chi connectivity index (χ3v) is 18.2. The number of hydrogen-bond donors (Lipinski definition) is 4. The summed E-state index contributed by atoms with van der Waals surface area (Å²) in [6, 6.07) is 12.1. The van der Waals surface area contributed by atoms with Gasteiger partial charge in [-0.15, -0.1) is 11.3 Å². The number of rotatable bonds is 13. The summed E-state index contributed by atoms with van der Waals surface area (Å²) in [5.74, 6) is -1.67. The Labute approximate surface area is 455 Å². The van der Waals surface area contributed by atoms with Crippen LogP contribution < -0.4 is 24.8 Å². The van der Waals surface area contributed by atoms with Crippen LogP contribution in [0.25, 0.3) is 11.1 Å². The number of nitrogens with zero attached hydrogens (tertiary/aromatic N) is 9. The highest BCUT2D eigenvalue weighted by atomic mass is 32.1. The number of imide groups is 2. The van der Waals surface area contributed by atoms with Crippen molar-refractivity contribution >= 4 is 77.4 Å². The number of pyridine rings is 3. The van der Waals surface area contributed by atoms with Crippen molar-refractivity contribution in [3.05, 3.63) is 98.6 Å². The lowest BCUT2D eigenvalue weighted by molar-refractivity contribution is -0.161. The number of fused-ring (bicyclic) bond motifs is 4. The number of aryl methyl sites for hydroxylation is 1. The Hall–Kier alpha value is -6.65. The normalized spacial score (nSPS) is 22.9. The molecule has 9 heterocycles. The number of aliphatic hydroxyl groups is 1. The Morgan fingerprint density at radius 2 is 1.55 bits per heavy atom. The molecule has 0 bridgehead atoms. The van der Waals surface area contributed by atoms with Crippen LogP contribution in [-0.2, 0) is 37.9 Å². The quantitative estimate of drug-likeness (QED) is 0.0714. The predicted octanol–water partition coefficient (Wildman–Crippen LogP) is 6.62. The summed E-state index contributed by atoms with van der Waals surface area (Å²) < 4.78 is 21.8. The van der Waals surface area contributed by atoms with Crippen LogP contribution in [0.4, 0.5) is 28.7 Å². The number of piperazine rings is 1. The fraction of sp³-hybridized carbons (Fsp3) is 0.455. The van der Waals surface area contributed by atoms with Crippen molar-refractivity contribution in [2.75, 3.05) is 59.9 Å². The number of nitrogens with one attached hydrogen (secondary N) is 1. The van der Waals surface area contributed by atoms with Crippen LogP contribution in [0.15, 0.2) is 61.1 Å². The molecule has 1 aromatic carbocycles. The van der Waals surface area contributed by atoms with E-state index in [4.69, 9.17) is 14.7 Å². The van der Waals surface area contributed by atoms with E-state index >= 15 is 0 Å². The van der Waals surface area contributed by atoms with E-state index in [0.717, 1.165) is 92.7 Å². The van der Waals surface area contributed by atoms with E-state index in [1.165, 1.54) is 16.0 Å². The van der Waals surface area contributed by atoms with Gasteiger partial charge in [-0.05, 0) is 138 Å². The molecule has 0 radical (unpaired) electrons. The molecule has 21 nitrogen and oxygen atoms in total. The van der Waals surface area contributed by atoms with Crippen molar-refractivity contribution in [2.24, 2.45) is 0 Å². The summed E-state index contributed by atoms with van der Waals surface area (Å²) in [5, 5.41) is 14.7. The van der Waals surface area contributed by atoms with Crippen LogP contribution in [0.3, 0.4) is 0 Å². The number of benzene rings is 1. The largest absolute Gasteiger partial charge is 0.480 e. The lowest BCUT2D eigenvalue weighted by atomic mass is 9.91. The number of aliphatic hydroxyl groups excluding tert-OH is 1. The van der Waals surface area contributed by atoms with Gasteiger partial charge in [0.05, 0.1) is 41.1 Å². The third-order valence-electron chi connectivity index (χ3n) is 16.3. The topological polar surface area (TPSA) is 252 Å². The molecular weight excluding hydrogens is 1040 g/mol. The number of carbonyl (C=O) groups excluding carboxylic acids is 5. The molecule has 3 fully saturated rings. The average Bonchev–Trinajstić information content (AvgIpc) is 4.15. The lowest BCUT2D eigenvalue weighted by Gasteiger charge is -2.48. The molecule has 4 N–H and O–H groups in total. The maximum absolute atomic E-state index is 14.1. The number of aromatic nitrogens is 3. The van der Waals surface area contributed by atoms with Crippen LogP contribution in [0.2, 0.25) is 0 Å².